The van der Waals surface area contributed by atoms with Gasteiger partial charge in [0.1, 0.15) is 18.4 Å². The van der Waals surface area contributed by atoms with E-state index in [0.717, 1.165) is 38.0 Å². The molecule has 8 nitrogen and oxygen atoms in total. The van der Waals surface area contributed by atoms with Gasteiger partial charge in [-0.05, 0) is 32.1 Å². The minimum absolute atomic E-state index is 0.0578. The molecule has 2 aliphatic heterocycles. The second-order valence-electron chi connectivity index (χ2n) is 7.25. The van der Waals surface area contributed by atoms with Crippen molar-refractivity contribution in [3.8, 4) is 0 Å². The molecule has 2 aromatic heterocycles. The SMILES string of the molecule is Cc1cc(Cn2nc3n(c2=O)C(C(=O)N2CC[C@H](C)C2)CCC3)on1. The van der Waals surface area contributed by atoms with E-state index in [2.05, 4.69) is 17.2 Å². The lowest BCUT2D eigenvalue weighted by Gasteiger charge is -2.27. The van der Waals surface area contributed by atoms with Crippen LogP contribution in [0.15, 0.2) is 15.4 Å². The Morgan fingerprint density at radius 3 is 2.92 bits per heavy atom. The summed E-state index contributed by atoms with van der Waals surface area (Å²) in [6, 6.07) is 1.37. The van der Waals surface area contributed by atoms with E-state index >= 15 is 0 Å². The highest BCUT2D eigenvalue weighted by atomic mass is 16.5. The summed E-state index contributed by atoms with van der Waals surface area (Å²) in [5.74, 6) is 1.87. The summed E-state index contributed by atoms with van der Waals surface area (Å²) in [6.07, 6.45) is 3.32. The highest BCUT2D eigenvalue weighted by Crippen LogP contribution is 2.26. The predicted octanol–water partition coefficient (Wildman–Crippen LogP) is 1.14. The first-order chi connectivity index (χ1) is 12.0. The zero-order chi connectivity index (χ0) is 17.6. The van der Waals surface area contributed by atoms with E-state index in [1.54, 1.807) is 10.6 Å². The first-order valence-corrected chi connectivity index (χ1v) is 8.92. The molecule has 134 valence electrons. The van der Waals surface area contributed by atoms with Gasteiger partial charge in [-0.25, -0.2) is 9.48 Å². The van der Waals surface area contributed by atoms with Gasteiger partial charge in [0.25, 0.3) is 0 Å². The van der Waals surface area contributed by atoms with Crippen molar-refractivity contribution >= 4 is 5.91 Å². The van der Waals surface area contributed by atoms with E-state index in [9.17, 15) is 9.59 Å². The Labute approximate surface area is 145 Å². The molecule has 0 spiro atoms. The predicted molar refractivity (Wildman–Crippen MR) is 89.2 cm³/mol. The fourth-order valence-corrected chi connectivity index (χ4v) is 3.85. The van der Waals surface area contributed by atoms with Crippen molar-refractivity contribution in [2.75, 3.05) is 13.1 Å². The number of carbonyl (C=O) groups is 1. The summed E-state index contributed by atoms with van der Waals surface area (Å²) in [7, 11) is 0. The number of aryl methyl sites for hydroxylation is 2. The molecule has 1 saturated heterocycles. The van der Waals surface area contributed by atoms with E-state index in [-0.39, 0.29) is 18.1 Å². The lowest BCUT2D eigenvalue weighted by molar-refractivity contribution is -0.134. The van der Waals surface area contributed by atoms with Crippen LogP contribution in [0.3, 0.4) is 0 Å². The van der Waals surface area contributed by atoms with Crippen LogP contribution in [0, 0.1) is 12.8 Å². The fraction of sp³-hybridized carbons (Fsp3) is 0.647. The highest BCUT2D eigenvalue weighted by Gasteiger charge is 2.35. The van der Waals surface area contributed by atoms with Crippen molar-refractivity contribution in [2.45, 2.75) is 52.1 Å². The zero-order valence-electron chi connectivity index (χ0n) is 14.6. The first kappa shape index (κ1) is 16.1. The van der Waals surface area contributed by atoms with Crippen molar-refractivity contribution in [3.63, 3.8) is 0 Å². The van der Waals surface area contributed by atoms with Crippen LogP contribution in [0.5, 0.6) is 0 Å². The molecular weight excluding hydrogens is 322 g/mol. The van der Waals surface area contributed by atoms with E-state index in [1.165, 1.54) is 4.68 Å². The molecular formula is C17H23N5O3. The normalized spacial score (nSPS) is 23.0. The zero-order valence-corrected chi connectivity index (χ0v) is 14.6. The van der Waals surface area contributed by atoms with Crippen molar-refractivity contribution in [2.24, 2.45) is 5.92 Å². The third kappa shape index (κ3) is 2.89. The molecule has 0 bridgehead atoms. The molecule has 25 heavy (non-hydrogen) atoms. The quantitative estimate of drug-likeness (QED) is 0.832. The number of likely N-dealkylation sites (tertiary alicyclic amines) is 1. The second-order valence-corrected chi connectivity index (χ2v) is 7.25. The molecule has 8 heteroatoms. The smallest absolute Gasteiger partial charge is 0.347 e. The Morgan fingerprint density at radius 1 is 1.40 bits per heavy atom. The number of fused-ring (bicyclic) bond motifs is 1. The van der Waals surface area contributed by atoms with Gasteiger partial charge in [-0.3, -0.25) is 9.36 Å². The summed E-state index contributed by atoms with van der Waals surface area (Å²) in [5.41, 5.74) is 0.526. The topological polar surface area (TPSA) is 86.2 Å². The summed E-state index contributed by atoms with van der Waals surface area (Å²) < 4.78 is 8.17. The summed E-state index contributed by atoms with van der Waals surface area (Å²) in [6.45, 7) is 5.79. The van der Waals surface area contributed by atoms with Crippen LogP contribution >= 0.6 is 0 Å². The summed E-state index contributed by atoms with van der Waals surface area (Å²) in [5, 5.41) is 8.28. The summed E-state index contributed by atoms with van der Waals surface area (Å²) >= 11 is 0. The Hall–Kier alpha value is -2.38. The van der Waals surface area contributed by atoms with Crippen molar-refractivity contribution in [1.29, 1.82) is 0 Å². The molecule has 1 amide bonds. The average molecular weight is 345 g/mol. The van der Waals surface area contributed by atoms with E-state index in [0.29, 0.717) is 23.9 Å². The Bertz CT molecular complexity index is 849. The van der Waals surface area contributed by atoms with Gasteiger partial charge in [0.2, 0.25) is 5.91 Å². The molecule has 2 atom stereocenters. The van der Waals surface area contributed by atoms with Crippen molar-refractivity contribution < 1.29 is 9.32 Å². The van der Waals surface area contributed by atoms with Crippen LogP contribution in [-0.4, -0.2) is 43.4 Å². The maximum atomic E-state index is 12.9. The van der Waals surface area contributed by atoms with Gasteiger partial charge in [0.05, 0.1) is 5.69 Å². The van der Waals surface area contributed by atoms with Gasteiger partial charge in [0.15, 0.2) is 5.76 Å². The number of carbonyl (C=O) groups excluding carboxylic acids is 1. The molecule has 4 rings (SSSR count). The van der Waals surface area contributed by atoms with Gasteiger partial charge >= 0.3 is 5.69 Å². The Kier molecular flexibility index (Phi) is 3.97. The third-order valence-corrected chi connectivity index (χ3v) is 5.13. The second kappa shape index (κ2) is 6.16. The number of hydrogen-bond donors (Lipinski definition) is 0. The first-order valence-electron chi connectivity index (χ1n) is 8.92. The standard InChI is InChI=1S/C17H23N5O3/c1-11-6-7-20(9-11)16(23)14-4-3-5-15-18-21(17(24)22(14)15)10-13-8-12(2)19-25-13/h8,11,14H,3-7,9-10H2,1-2H3/t11-,14?/m0/s1. The largest absolute Gasteiger partial charge is 0.359 e. The molecule has 4 heterocycles. The fourth-order valence-electron chi connectivity index (χ4n) is 3.85. The summed E-state index contributed by atoms with van der Waals surface area (Å²) in [4.78, 5) is 27.7. The van der Waals surface area contributed by atoms with Crippen LogP contribution in [0.2, 0.25) is 0 Å². The number of hydrogen-bond acceptors (Lipinski definition) is 5. The number of nitrogens with zero attached hydrogens (tertiary/aromatic N) is 5. The van der Waals surface area contributed by atoms with Crippen LogP contribution in [-0.2, 0) is 17.8 Å². The maximum absolute atomic E-state index is 12.9. The molecule has 0 aliphatic carbocycles. The Balaban J connectivity index is 1.62. The minimum atomic E-state index is -0.424. The van der Waals surface area contributed by atoms with E-state index in [1.807, 2.05) is 11.8 Å². The van der Waals surface area contributed by atoms with Gasteiger partial charge in [-0.1, -0.05) is 12.1 Å². The molecule has 0 N–H and O–H groups in total. The lowest BCUT2D eigenvalue weighted by atomic mass is 10.0. The molecule has 2 aliphatic rings. The molecule has 0 radical (unpaired) electrons. The van der Waals surface area contributed by atoms with E-state index in [4.69, 9.17) is 4.52 Å². The Morgan fingerprint density at radius 2 is 2.24 bits per heavy atom. The van der Waals surface area contributed by atoms with E-state index < -0.39 is 6.04 Å². The van der Waals surface area contributed by atoms with Gasteiger partial charge in [0, 0.05) is 25.6 Å². The molecule has 0 saturated carbocycles. The van der Waals surface area contributed by atoms with Gasteiger partial charge in [-0.2, -0.15) is 5.10 Å². The maximum Gasteiger partial charge on any atom is 0.347 e. The van der Waals surface area contributed by atoms with Gasteiger partial charge in [-0.15, -0.1) is 0 Å². The lowest BCUT2D eigenvalue weighted by Crippen LogP contribution is -2.41. The van der Waals surface area contributed by atoms with Crippen molar-refractivity contribution in [1.82, 2.24) is 24.4 Å². The number of rotatable bonds is 3. The highest BCUT2D eigenvalue weighted by molar-refractivity contribution is 5.81. The molecule has 0 aromatic carbocycles. The van der Waals surface area contributed by atoms with Crippen LogP contribution in [0.4, 0.5) is 0 Å². The van der Waals surface area contributed by atoms with Crippen LogP contribution < -0.4 is 5.69 Å². The van der Waals surface area contributed by atoms with Gasteiger partial charge < -0.3 is 9.42 Å². The van der Waals surface area contributed by atoms with Crippen LogP contribution in [0.25, 0.3) is 0 Å². The molecule has 2 aromatic rings. The minimum Gasteiger partial charge on any atom is -0.359 e. The third-order valence-electron chi connectivity index (χ3n) is 5.13. The average Bonchev–Trinajstić information content (AvgIpc) is 3.28. The number of aromatic nitrogens is 4. The molecule has 1 fully saturated rings. The van der Waals surface area contributed by atoms with Crippen molar-refractivity contribution in [3.05, 3.63) is 33.8 Å². The monoisotopic (exact) mass is 345 g/mol. The molecule has 1 unspecified atom stereocenters. The number of amides is 1. The van der Waals surface area contributed by atoms with Crippen LogP contribution in [0.1, 0.15) is 49.5 Å².